The highest BCUT2D eigenvalue weighted by Gasteiger charge is 2.09. The van der Waals surface area contributed by atoms with Crippen LogP contribution < -0.4 is 4.74 Å². The molecule has 1 aromatic carbocycles. The summed E-state index contributed by atoms with van der Waals surface area (Å²) < 4.78 is 18.9. The summed E-state index contributed by atoms with van der Waals surface area (Å²) in [5.74, 6) is 0.0971. The highest BCUT2D eigenvalue weighted by atomic mass is 35.5. The first-order valence-corrected chi connectivity index (χ1v) is 7.15. The number of nitrogens with zero attached hydrogens (tertiary/aromatic N) is 3. The van der Waals surface area contributed by atoms with Gasteiger partial charge in [-0.2, -0.15) is 5.26 Å². The summed E-state index contributed by atoms with van der Waals surface area (Å²) >= 11 is 7.51. The molecule has 104 valence electrons. The van der Waals surface area contributed by atoms with Crippen LogP contribution in [0.2, 0.25) is 5.15 Å². The summed E-state index contributed by atoms with van der Waals surface area (Å²) in [6, 6.07) is 7.64. The Balaban J connectivity index is 1.80. The monoisotopic (exact) mass is 319 g/mol. The first kappa shape index (κ1) is 13.7. The Hall–Kier alpha value is -2.23. The summed E-state index contributed by atoms with van der Waals surface area (Å²) in [6.45, 7) is 0.0684. The Kier molecular flexibility index (Phi) is 3.69. The van der Waals surface area contributed by atoms with Crippen LogP contribution in [0.25, 0.3) is 10.2 Å². The van der Waals surface area contributed by atoms with Crippen LogP contribution in [-0.4, -0.2) is 9.97 Å². The number of hydrogen-bond donors (Lipinski definition) is 0. The molecule has 0 atom stereocenters. The van der Waals surface area contributed by atoms with Crippen LogP contribution in [0.4, 0.5) is 4.39 Å². The minimum Gasteiger partial charge on any atom is -0.486 e. The Bertz CT molecular complexity index is 859. The number of rotatable bonds is 3. The maximum Gasteiger partial charge on any atom is 0.169 e. The number of ether oxygens (including phenoxy) is 1. The molecule has 0 radical (unpaired) electrons. The van der Waals surface area contributed by atoms with Gasteiger partial charge in [-0.05, 0) is 23.6 Å². The first-order valence-electron chi connectivity index (χ1n) is 5.89. The molecule has 0 aliphatic rings. The largest absolute Gasteiger partial charge is 0.486 e. The fraction of sp³-hybridized carbons (Fsp3) is 0.0714. The molecule has 0 spiro atoms. The lowest BCUT2D eigenvalue weighted by molar-refractivity contribution is 0.295. The molecule has 21 heavy (non-hydrogen) atoms. The van der Waals surface area contributed by atoms with Crippen LogP contribution >= 0.6 is 22.9 Å². The van der Waals surface area contributed by atoms with Gasteiger partial charge in [-0.1, -0.05) is 11.6 Å². The number of fused-ring (bicyclic) bond motifs is 1. The Morgan fingerprint density at radius 3 is 2.95 bits per heavy atom. The SMILES string of the molecule is N#Cc1ccc(OCc2nc(Cl)c3ccsc3n2)cc1F. The van der Waals surface area contributed by atoms with Gasteiger partial charge in [0.15, 0.2) is 5.82 Å². The second-order valence-electron chi connectivity index (χ2n) is 4.11. The molecule has 0 amide bonds. The van der Waals surface area contributed by atoms with Crippen molar-refractivity contribution >= 4 is 33.2 Å². The number of thiophene rings is 1. The van der Waals surface area contributed by atoms with Crippen LogP contribution in [0.15, 0.2) is 29.6 Å². The summed E-state index contributed by atoms with van der Waals surface area (Å²) in [7, 11) is 0. The summed E-state index contributed by atoms with van der Waals surface area (Å²) in [4.78, 5) is 9.23. The standard InChI is InChI=1S/C14H7ClFN3OS/c15-13-10-3-4-21-14(10)19-12(18-13)7-20-9-2-1-8(6-17)11(16)5-9/h1-5H,7H2. The van der Waals surface area contributed by atoms with Crippen molar-refractivity contribution in [1.82, 2.24) is 9.97 Å². The molecule has 0 saturated heterocycles. The molecule has 0 aliphatic carbocycles. The van der Waals surface area contributed by atoms with E-state index >= 15 is 0 Å². The Labute approximate surface area is 128 Å². The van der Waals surface area contributed by atoms with Crippen LogP contribution in [0.1, 0.15) is 11.4 Å². The van der Waals surface area contributed by atoms with Crippen molar-refractivity contribution in [2.75, 3.05) is 0 Å². The third-order valence-electron chi connectivity index (χ3n) is 2.75. The highest BCUT2D eigenvalue weighted by Crippen LogP contribution is 2.25. The molecule has 0 N–H and O–H groups in total. The smallest absolute Gasteiger partial charge is 0.169 e. The van der Waals surface area contributed by atoms with Crippen LogP contribution in [0, 0.1) is 17.1 Å². The van der Waals surface area contributed by atoms with Gasteiger partial charge in [0.25, 0.3) is 0 Å². The van der Waals surface area contributed by atoms with Crippen molar-refractivity contribution in [1.29, 1.82) is 5.26 Å². The van der Waals surface area contributed by atoms with Crippen molar-refractivity contribution < 1.29 is 9.13 Å². The molecule has 0 aliphatic heterocycles. The number of hydrogen-bond acceptors (Lipinski definition) is 5. The quantitative estimate of drug-likeness (QED) is 0.686. The molecule has 0 bridgehead atoms. The normalized spacial score (nSPS) is 10.5. The molecule has 7 heteroatoms. The van der Waals surface area contributed by atoms with E-state index in [0.717, 1.165) is 16.3 Å². The zero-order valence-corrected chi connectivity index (χ0v) is 12.1. The second-order valence-corrected chi connectivity index (χ2v) is 5.36. The van der Waals surface area contributed by atoms with Gasteiger partial charge in [-0.3, -0.25) is 0 Å². The van der Waals surface area contributed by atoms with E-state index in [-0.39, 0.29) is 12.2 Å². The third kappa shape index (κ3) is 2.79. The molecule has 0 unspecified atom stereocenters. The molecule has 0 fully saturated rings. The van der Waals surface area contributed by atoms with Gasteiger partial charge in [0.05, 0.1) is 5.56 Å². The minimum absolute atomic E-state index is 0.0263. The summed E-state index contributed by atoms with van der Waals surface area (Å²) in [5, 5.41) is 11.7. The van der Waals surface area contributed by atoms with E-state index in [4.69, 9.17) is 21.6 Å². The third-order valence-corrected chi connectivity index (χ3v) is 3.85. The number of nitriles is 1. The van der Waals surface area contributed by atoms with Gasteiger partial charge < -0.3 is 4.74 Å². The van der Waals surface area contributed by atoms with E-state index in [0.29, 0.717) is 16.7 Å². The average Bonchev–Trinajstić information content (AvgIpc) is 2.94. The van der Waals surface area contributed by atoms with Crippen molar-refractivity contribution in [2.24, 2.45) is 0 Å². The molecule has 3 aromatic rings. The van der Waals surface area contributed by atoms with Crippen LogP contribution in [0.5, 0.6) is 5.75 Å². The Morgan fingerprint density at radius 2 is 2.19 bits per heavy atom. The maximum atomic E-state index is 13.5. The van der Waals surface area contributed by atoms with Crippen molar-refractivity contribution in [3.8, 4) is 11.8 Å². The van der Waals surface area contributed by atoms with Gasteiger partial charge in [-0.15, -0.1) is 11.3 Å². The van der Waals surface area contributed by atoms with Gasteiger partial charge >= 0.3 is 0 Å². The lowest BCUT2D eigenvalue weighted by Gasteiger charge is -2.06. The van der Waals surface area contributed by atoms with E-state index in [1.165, 1.54) is 23.5 Å². The van der Waals surface area contributed by atoms with E-state index in [2.05, 4.69) is 9.97 Å². The van der Waals surface area contributed by atoms with E-state index in [1.807, 2.05) is 11.4 Å². The van der Waals surface area contributed by atoms with Crippen molar-refractivity contribution in [3.05, 3.63) is 52.0 Å². The average molecular weight is 320 g/mol. The summed E-state index contributed by atoms with van der Waals surface area (Å²) in [5.41, 5.74) is -0.0263. The fourth-order valence-electron chi connectivity index (χ4n) is 1.75. The molecule has 2 heterocycles. The number of benzene rings is 1. The lowest BCUT2D eigenvalue weighted by atomic mass is 10.2. The van der Waals surface area contributed by atoms with Gasteiger partial charge in [0.1, 0.15) is 34.2 Å². The van der Waals surface area contributed by atoms with Crippen LogP contribution in [0.3, 0.4) is 0 Å². The molecular weight excluding hydrogens is 313 g/mol. The predicted octanol–water partition coefficient (Wildman–Crippen LogP) is 3.93. The fourth-order valence-corrected chi connectivity index (χ4v) is 2.84. The first-order chi connectivity index (χ1) is 10.2. The number of halogens is 2. The van der Waals surface area contributed by atoms with Gasteiger partial charge in [0.2, 0.25) is 0 Å². The molecule has 0 saturated carbocycles. The Morgan fingerprint density at radius 1 is 1.33 bits per heavy atom. The number of aromatic nitrogens is 2. The molecule has 3 rings (SSSR count). The van der Waals surface area contributed by atoms with Gasteiger partial charge in [0, 0.05) is 11.5 Å². The maximum absolute atomic E-state index is 13.5. The van der Waals surface area contributed by atoms with E-state index in [1.54, 1.807) is 6.07 Å². The van der Waals surface area contributed by atoms with Crippen molar-refractivity contribution in [2.45, 2.75) is 6.61 Å². The van der Waals surface area contributed by atoms with Crippen molar-refractivity contribution in [3.63, 3.8) is 0 Å². The van der Waals surface area contributed by atoms with Crippen LogP contribution in [-0.2, 0) is 6.61 Å². The molecular formula is C14H7ClFN3OS. The van der Waals surface area contributed by atoms with E-state index < -0.39 is 5.82 Å². The topological polar surface area (TPSA) is 58.8 Å². The molecule has 2 aromatic heterocycles. The zero-order valence-electron chi connectivity index (χ0n) is 10.5. The highest BCUT2D eigenvalue weighted by molar-refractivity contribution is 7.16. The second kappa shape index (κ2) is 5.64. The summed E-state index contributed by atoms with van der Waals surface area (Å²) in [6.07, 6.45) is 0. The predicted molar refractivity (Wildman–Crippen MR) is 77.9 cm³/mol. The van der Waals surface area contributed by atoms with Gasteiger partial charge in [-0.25, -0.2) is 14.4 Å². The lowest BCUT2D eigenvalue weighted by Crippen LogP contribution is -2.02. The minimum atomic E-state index is -0.623. The molecule has 4 nitrogen and oxygen atoms in total. The zero-order chi connectivity index (χ0) is 14.8. The van der Waals surface area contributed by atoms with E-state index in [9.17, 15) is 4.39 Å².